The Kier molecular flexibility index (Phi) is 8.30. The number of unbranched alkanes of at least 4 members (excludes halogenated alkanes) is 1. The molecule has 1 saturated heterocycles. The van der Waals surface area contributed by atoms with Crippen LogP contribution in [0.25, 0.3) is 0 Å². The number of aromatic hydroxyl groups is 1. The number of esters is 1. The fraction of sp³-hybridized carbons (Fsp3) is 0.462. The molecule has 3 rings (SSSR count). The van der Waals surface area contributed by atoms with Crippen LogP contribution in [0.15, 0.2) is 42.5 Å². The van der Waals surface area contributed by atoms with E-state index in [1.165, 1.54) is 0 Å². The van der Waals surface area contributed by atoms with Crippen LogP contribution >= 0.6 is 23.2 Å². The lowest BCUT2D eigenvalue weighted by molar-refractivity contribution is -0.179. The van der Waals surface area contributed by atoms with Crippen LogP contribution in [-0.4, -0.2) is 35.0 Å². The molecule has 0 radical (unpaired) electrons. The highest BCUT2D eigenvalue weighted by Gasteiger charge is 2.50. The van der Waals surface area contributed by atoms with Crippen LogP contribution in [0.1, 0.15) is 52.0 Å². The summed E-state index contributed by atoms with van der Waals surface area (Å²) in [6.45, 7) is 6.52. The van der Waals surface area contributed by atoms with Crippen LogP contribution in [0.3, 0.4) is 0 Å². The quantitative estimate of drug-likeness (QED) is 0.333. The van der Waals surface area contributed by atoms with E-state index in [-0.39, 0.29) is 23.9 Å². The van der Waals surface area contributed by atoms with E-state index in [1.807, 2.05) is 26.0 Å². The first-order chi connectivity index (χ1) is 15.6. The number of rotatable bonds is 9. The lowest BCUT2D eigenvalue weighted by atomic mass is 9.77. The number of phenolic OH excluding ortho intramolecular Hbond substituents is 1. The summed E-state index contributed by atoms with van der Waals surface area (Å²) in [4.78, 5) is 28.6. The fourth-order valence-corrected chi connectivity index (χ4v) is 4.84. The summed E-state index contributed by atoms with van der Waals surface area (Å²) < 4.78 is 6.09. The highest BCUT2D eigenvalue weighted by molar-refractivity contribution is 6.35. The Hall–Kier alpha value is -2.24. The molecule has 33 heavy (non-hydrogen) atoms. The Balaban J connectivity index is 1.86. The zero-order chi connectivity index (χ0) is 24.2. The van der Waals surface area contributed by atoms with Gasteiger partial charge in [0.05, 0.1) is 0 Å². The number of benzene rings is 2. The molecule has 0 aliphatic carbocycles. The number of halogens is 2. The molecule has 2 atom stereocenters. The molecule has 178 valence electrons. The van der Waals surface area contributed by atoms with Gasteiger partial charge in [-0.15, -0.1) is 0 Å². The van der Waals surface area contributed by atoms with Gasteiger partial charge in [-0.3, -0.25) is 4.79 Å². The van der Waals surface area contributed by atoms with E-state index in [0.717, 1.165) is 18.4 Å². The predicted molar refractivity (Wildman–Crippen MR) is 132 cm³/mol. The van der Waals surface area contributed by atoms with Crippen molar-refractivity contribution in [2.75, 3.05) is 11.4 Å². The predicted octanol–water partition coefficient (Wildman–Crippen LogP) is 6.22. The molecule has 2 aromatic rings. The molecule has 1 aliphatic rings. The van der Waals surface area contributed by atoms with Gasteiger partial charge in [0, 0.05) is 28.7 Å². The molecule has 0 aromatic heterocycles. The third-order valence-electron chi connectivity index (χ3n) is 6.37. The van der Waals surface area contributed by atoms with E-state index in [2.05, 4.69) is 6.92 Å². The van der Waals surface area contributed by atoms with Gasteiger partial charge in [0.15, 0.2) is 11.8 Å². The molecule has 2 unspecified atom stereocenters. The molecule has 1 N–H and O–H groups in total. The third-order valence-corrected chi connectivity index (χ3v) is 6.81. The van der Waals surface area contributed by atoms with E-state index >= 15 is 0 Å². The highest BCUT2D eigenvalue weighted by atomic mass is 35.5. The van der Waals surface area contributed by atoms with Crippen LogP contribution in [0.5, 0.6) is 5.75 Å². The second-order valence-electron chi connectivity index (χ2n) is 9.03. The Bertz CT molecular complexity index is 952. The first kappa shape index (κ1) is 25.4. The summed E-state index contributed by atoms with van der Waals surface area (Å²) in [5.74, 6) is -0.517. The molecule has 0 amide bonds. The van der Waals surface area contributed by atoms with E-state index in [1.54, 1.807) is 35.2 Å². The van der Waals surface area contributed by atoms with Gasteiger partial charge in [-0.25, -0.2) is 4.79 Å². The maximum atomic E-state index is 13.5. The molecular formula is C26H31Cl2NO4. The van der Waals surface area contributed by atoms with Crippen LogP contribution in [0, 0.1) is 5.92 Å². The number of Topliss-reactive ketones (excluding diaryl/α,β-unsaturated/α-hetero) is 1. The SMILES string of the molecule is CCCCN(c1cc(Cl)cc(Cl)c1)C1C(=O)CC(CCc2ccc(O)cc2)(C(C)C)OC1=O. The van der Waals surface area contributed by atoms with Gasteiger partial charge in [0.25, 0.3) is 0 Å². The van der Waals surface area contributed by atoms with Crippen molar-refractivity contribution in [1.29, 1.82) is 0 Å². The Labute approximate surface area is 205 Å². The van der Waals surface area contributed by atoms with Gasteiger partial charge in [-0.1, -0.05) is 62.5 Å². The lowest BCUT2D eigenvalue weighted by Gasteiger charge is -2.44. The topological polar surface area (TPSA) is 66.8 Å². The molecule has 2 aromatic carbocycles. The Morgan fingerprint density at radius 2 is 1.76 bits per heavy atom. The number of cyclic esters (lactones) is 1. The molecule has 7 heteroatoms. The van der Waals surface area contributed by atoms with Crippen molar-refractivity contribution in [3.8, 4) is 5.75 Å². The molecular weight excluding hydrogens is 461 g/mol. The van der Waals surface area contributed by atoms with Gasteiger partial charge < -0.3 is 14.7 Å². The number of phenols is 1. The smallest absolute Gasteiger partial charge is 0.337 e. The number of anilines is 1. The number of hydrogen-bond donors (Lipinski definition) is 1. The van der Waals surface area contributed by atoms with Gasteiger partial charge in [-0.2, -0.15) is 0 Å². The largest absolute Gasteiger partial charge is 0.508 e. The Morgan fingerprint density at radius 1 is 1.12 bits per heavy atom. The summed E-state index contributed by atoms with van der Waals surface area (Å²) >= 11 is 12.4. The fourth-order valence-electron chi connectivity index (χ4n) is 4.33. The molecule has 0 saturated carbocycles. The summed E-state index contributed by atoms with van der Waals surface area (Å²) in [5, 5.41) is 10.4. The number of ether oxygens (including phenoxy) is 1. The van der Waals surface area contributed by atoms with Crippen molar-refractivity contribution in [2.45, 2.75) is 64.5 Å². The number of hydrogen-bond acceptors (Lipinski definition) is 5. The van der Waals surface area contributed by atoms with Crippen LogP contribution in [0.4, 0.5) is 5.69 Å². The Morgan fingerprint density at radius 3 is 2.30 bits per heavy atom. The lowest BCUT2D eigenvalue weighted by Crippen LogP contribution is -2.59. The summed E-state index contributed by atoms with van der Waals surface area (Å²) in [7, 11) is 0. The van der Waals surface area contributed by atoms with Crippen molar-refractivity contribution in [3.63, 3.8) is 0 Å². The minimum atomic E-state index is -1.02. The monoisotopic (exact) mass is 491 g/mol. The molecule has 0 spiro atoms. The van der Waals surface area contributed by atoms with Crippen molar-refractivity contribution in [2.24, 2.45) is 5.92 Å². The van der Waals surface area contributed by atoms with E-state index < -0.39 is 17.6 Å². The second kappa shape index (κ2) is 10.8. The van der Waals surface area contributed by atoms with Crippen molar-refractivity contribution < 1.29 is 19.4 Å². The van der Waals surface area contributed by atoms with E-state index in [9.17, 15) is 14.7 Å². The van der Waals surface area contributed by atoms with Gasteiger partial charge >= 0.3 is 5.97 Å². The molecule has 0 bridgehead atoms. The van der Waals surface area contributed by atoms with Crippen molar-refractivity contribution >= 4 is 40.6 Å². The number of nitrogens with zero attached hydrogens (tertiary/aromatic N) is 1. The molecule has 1 aliphatic heterocycles. The maximum absolute atomic E-state index is 13.5. The molecule has 1 fully saturated rings. The summed E-state index contributed by atoms with van der Waals surface area (Å²) in [6, 6.07) is 11.0. The first-order valence-corrected chi connectivity index (χ1v) is 12.2. The van der Waals surface area contributed by atoms with E-state index in [4.69, 9.17) is 27.9 Å². The zero-order valence-electron chi connectivity index (χ0n) is 19.3. The minimum Gasteiger partial charge on any atom is -0.508 e. The standard InChI is InChI=1S/C26H31Cl2NO4/c1-4-5-12-29(21-14-19(27)13-20(28)15-21)24-23(31)16-26(17(2)3,33-25(24)32)11-10-18-6-8-22(30)9-7-18/h6-9,13-15,17,24,30H,4-5,10-12,16H2,1-3H3. The van der Waals surface area contributed by atoms with Crippen molar-refractivity contribution in [3.05, 3.63) is 58.1 Å². The average Bonchev–Trinajstić information content (AvgIpc) is 2.74. The number of aryl methyl sites for hydroxylation is 1. The maximum Gasteiger partial charge on any atom is 0.337 e. The van der Waals surface area contributed by atoms with Gasteiger partial charge in [0.2, 0.25) is 0 Å². The molecule has 5 nitrogen and oxygen atoms in total. The van der Waals surface area contributed by atoms with Crippen LogP contribution < -0.4 is 4.90 Å². The zero-order valence-corrected chi connectivity index (χ0v) is 20.8. The highest BCUT2D eigenvalue weighted by Crippen LogP contribution is 2.38. The van der Waals surface area contributed by atoms with Crippen LogP contribution in [-0.2, 0) is 20.7 Å². The van der Waals surface area contributed by atoms with Crippen molar-refractivity contribution in [1.82, 2.24) is 0 Å². The van der Waals surface area contributed by atoms with Gasteiger partial charge in [0.1, 0.15) is 11.4 Å². The third kappa shape index (κ3) is 6.01. The normalized spacial score (nSPS) is 20.7. The van der Waals surface area contributed by atoms with Crippen LogP contribution in [0.2, 0.25) is 10.0 Å². The van der Waals surface area contributed by atoms with E-state index in [0.29, 0.717) is 35.1 Å². The summed E-state index contributed by atoms with van der Waals surface area (Å²) in [6.07, 6.45) is 3.02. The second-order valence-corrected chi connectivity index (χ2v) is 9.90. The molecule has 1 heterocycles. The number of carbonyl (C=O) groups is 2. The minimum absolute atomic E-state index is 0.0341. The van der Waals surface area contributed by atoms with Gasteiger partial charge in [-0.05, 0) is 61.1 Å². The summed E-state index contributed by atoms with van der Waals surface area (Å²) in [5.41, 5.74) is 0.777. The first-order valence-electron chi connectivity index (χ1n) is 11.4. The number of carbonyl (C=O) groups excluding carboxylic acids is 2. The number of ketones is 1. The average molecular weight is 492 g/mol.